The summed E-state index contributed by atoms with van der Waals surface area (Å²) in [5.41, 5.74) is 1.42. The van der Waals surface area contributed by atoms with Crippen molar-refractivity contribution < 1.29 is 8.91 Å². The fourth-order valence-corrected chi connectivity index (χ4v) is 2.08. The quantitative estimate of drug-likeness (QED) is 0.678. The van der Waals surface area contributed by atoms with Gasteiger partial charge in [0.15, 0.2) is 0 Å². The van der Waals surface area contributed by atoms with Crippen molar-refractivity contribution in [3.05, 3.63) is 71.9 Å². The van der Waals surface area contributed by atoms with E-state index in [0.29, 0.717) is 11.4 Å². The van der Waals surface area contributed by atoms with Crippen LogP contribution in [0.1, 0.15) is 16.8 Å². The van der Waals surface area contributed by atoms with E-state index in [-0.39, 0.29) is 11.7 Å². The average Bonchev–Trinajstić information content (AvgIpc) is 2.97. The van der Waals surface area contributed by atoms with E-state index in [9.17, 15) is 4.39 Å². The highest BCUT2D eigenvalue weighted by Gasteiger charge is 2.18. The standard InChI is InChI=1S/C15H10ClFN2O/c16-13(10-5-2-1-3-6-10)15-18-14(19-20-15)11-7-4-8-12(17)9-11/h1-9,13H. The second kappa shape index (κ2) is 5.43. The first-order chi connectivity index (χ1) is 9.74. The van der Waals surface area contributed by atoms with Gasteiger partial charge in [0.1, 0.15) is 11.2 Å². The van der Waals surface area contributed by atoms with Gasteiger partial charge in [-0.1, -0.05) is 47.6 Å². The van der Waals surface area contributed by atoms with Gasteiger partial charge in [0.25, 0.3) is 0 Å². The summed E-state index contributed by atoms with van der Waals surface area (Å²) in [5.74, 6) is 0.262. The molecule has 0 spiro atoms. The molecular formula is C15H10ClFN2O. The van der Waals surface area contributed by atoms with Gasteiger partial charge < -0.3 is 4.52 Å². The van der Waals surface area contributed by atoms with Crippen LogP contribution in [-0.4, -0.2) is 10.1 Å². The molecule has 0 radical (unpaired) electrons. The number of aromatic nitrogens is 2. The van der Waals surface area contributed by atoms with E-state index in [4.69, 9.17) is 16.1 Å². The smallest absolute Gasteiger partial charge is 0.249 e. The van der Waals surface area contributed by atoms with Crippen LogP contribution in [-0.2, 0) is 0 Å². The van der Waals surface area contributed by atoms with E-state index in [0.717, 1.165) is 5.56 Å². The van der Waals surface area contributed by atoms with Crippen LogP contribution >= 0.6 is 11.6 Å². The Kier molecular flexibility index (Phi) is 3.48. The Labute approximate surface area is 120 Å². The van der Waals surface area contributed by atoms with Gasteiger partial charge >= 0.3 is 0 Å². The Balaban J connectivity index is 1.91. The van der Waals surface area contributed by atoms with Crippen molar-refractivity contribution in [2.45, 2.75) is 5.38 Å². The molecule has 0 saturated carbocycles. The average molecular weight is 289 g/mol. The normalized spacial score (nSPS) is 12.3. The van der Waals surface area contributed by atoms with Gasteiger partial charge in [-0.25, -0.2) is 4.39 Å². The third kappa shape index (κ3) is 2.56. The highest BCUT2D eigenvalue weighted by molar-refractivity contribution is 6.22. The van der Waals surface area contributed by atoms with Gasteiger partial charge in [0.2, 0.25) is 11.7 Å². The number of hydrogen-bond acceptors (Lipinski definition) is 3. The molecule has 0 aliphatic heterocycles. The Hall–Kier alpha value is -2.20. The van der Waals surface area contributed by atoms with Crippen LogP contribution in [0.5, 0.6) is 0 Å². The summed E-state index contributed by atoms with van der Waals surface area (Å²) in [6, 6.07) is 15.4. The fraction of sp³-hybridized carbons (Fsp3) is 0.0667. The van der Waals surface area contributed by atoms with Crippen LogP contribution in [0.4, 0.5) is 4.39 Å². The molecule has 0 saturated heterocycles. The minimum absolute atomic E-state index is 0.289. The van der Waals surface area contributed by atoms with Crippen LogP contribution in [0.3, 0.4) is 0 Å². The van der Waals surface area contributed by atoms with E-state index in [1.807, 2.05) is 30.3 Å². The lowest BCUT2D eigenvalue weighted by Gasteiger charge is -2.03. The topological polar surface area (TPSA) is 38.9 Å². The zero-order valence-corrected chi connectivity index (χ0v) is 11.1. The SMILES string of the molecule is Fc1cccc(-c2noc(C(Cl)c3ccccc3)n2)c1. The van der Waals surface area contributed by atoms with Crippen molar-refractivity contribution >= 4 is 11.6 Å². The van der Waals surface area contributed by atoms with E-state index in [1.54, 1.807) is 12.1 Å². The molecule has 0 amide bonds. The van der Waals surface area contributed by atoms with Gasteiger partial charge in [-0.2, -0.15) is 4.98 Å². The van der Waals surface area contributed by atoms with E-state index in [1.165, 1.54) is 12.1 Å². The first kappa shape index (κ1) is 12.8. The molecule has 20 heavy (non-hydrogen) atoms. The lowest BCUT2D eigenvalue weighted by atomic mass is 10.1. The molecule has 2 aromatic carbocycles. The Morgan fingerprint density at radius 3 is 2.60 bits per heavy atom. The fourth-order valence-electron chi connectivity index (χ4n) is 1.85. The highest BCUT2D eigenvalue weighted by Crippen LogP contribution is 2.28. The van der Waals surface area contributed by atoms with Crippen LogP contribution in [0.2, 0.25) is 0 Å². The molecule has 0 aliphatic carbocycles. The number of hydrogen-bond donors (Lipinski definition) is 0. The Morgan fingerprint density at radius 1 is 1.05 bits per heavy atom. The van der Waals surface area contributed by atoms with Gasteiger partial charge in [0, 0.05) is 5.56 Å². The summed E-state index contributed by atoms with van der Waals surface area (Å²) in [5, 5.41) is 3.31. The lowest BCUT2D eigenvalue weighted by molar-refractivity contribution is 0.383. The van der Waals surface area contributed by atoms with Gasteiger partial charge in [0.05, 0.1) is 0 Å². The number of nitrogens with zero attached hydrogens (tertiary/aromatic N) is 2. The van der Waals surface area contributed by atoms with E-state index < -0.39 is 5.38 Å². The predicted molar refractivity (Wildman–Crippen MR) is 73.8 cm³/mol. The van der Waals surface area contributed by atoms with Crippen molar-refractivity contribution in [2.24, 2.45) is 0 Å². The number of rotatable bonds is 3. The van der Waals surface area contributed by atoms with Crippen LogP contribution in [0.25, 0.3) is 11.4 Å². The van der Waals surface area contributed by atoms with Crippen molar-refractivity contribution in [1.29, 1.82) is 0 Å². The summed E-state index contributed by atoms with van der Waals surface area (Å²) in [6.45, 7) is 0. The first-order valence-electron chi connectivity index (χ1n) is 6.02. The Morgan fingerprint density at radius 2 is 1.85 bits per heavy atom. The molecule has 0 fully saturated rings. The maximum absolute atomic E-state index is 13.2. The zero-order valence-electron chi connectivity index (χ0n) is 10.3. The predicted octanol–water partition coefficient (Wildman–Crippen LogP) is 4.20. The number of benzene rings is 2. The van der Waals surface area contributed by atoms with Gasteiger partial charge in [-0.3, -0.25) is 0 Å². The molecule has 0 aliphatic rings. The number of alkyl halides is 1. The second-order valence-corrected chi connectivity index (χ2v) is 4.68. The molecular weight excluding hydrogens is 279 g/mol. The summed E-state index contributed by atoms with van der Waals surface area (Å²) >= 11 is 6.29. The molecule has 1 atom stereocenters. The van der Waals surface area contributed by atoms with E-state index in [2.05, 4.69) is 10.1 Å². The molecule has 100 valence electrons. The van der Waals surface area contributed by atoms with Crippen molar-refractivity contribution in [3.63, 3.8) is 0 Å². The maximum atomic E-state index is 13.2. The summed E-state index contributed by atoms with van der Waals surface area (Å²) in [7, 11) is 0. The third-order valence-corrected chi connectivity index (χ3v) is 3.27. The van der Waals surface area contributed by atoms with Crippen LogP contribution in [0, 0.1) is 5.82 Å². The van der Waals surface area contributed by atoms with Crippen molar-refractivity contribution in [1.82, 2.24) is 10.1 Å². The number of halogens is 2. The minimum atomic E-state index is -0.522. The minimum Gasteiger partial charge on any atom is -0.337 e. The third-order valence-electron chi connectivity index (χ3n) is 2.83. The molecule has 5 heteroatoms. The summed E-state index contributed by atoms with van der Waals surface area (Å²) in [4.78, 5) is 4.22. The molecule has 0 bridgehead atoms. The van der Waals surface area contributed by atoms with Crippen molar-refractivity contribution in [2.75, 3.05) is 0 Å². The van der Waals surface area contributed by atoms with Gasteiger partial charge in [-0.15, -0.1) is 11.6 Å². The summed E-state index contributed by atoms with van der Waals surface area (Å²) < 4.78 is 18.3. The molecule has 1 aromatic heterocycles. The largest absolute Gasteiger partial charge is 0.337 e. The zero-order chi connectivity index (χ0) is 13.9. The van der Waals surface area contributed by atoms with Crippen molar-refractivity contribution in [3.8, 4) is 11.4 Å². The van der Waals surface area contributed by atoms with Crippen LogP contribution < -0.4 is 0 Å². The molecule has 1 unspecified atom stereocenters. The summed E-state index contributed by atoms with van der Waals surface area (Å²) in [6.07, 6.45) is 0. The molecule has 3 aromatic rings. The monoisotopic (exact) mass is 288 g/mol. The lowest BCUT2D eigenvalue weighted by Crippen LogP contribution is -1.93. The molecule has 3 nitrogen and oxygen atoms in total. The maximum Gasteiger partial charge on any atom is 0.249 e. The van der Waals surface area contributed by atoms with E-state index >= 15 is 0 Å². The molecule has 3 rings (SSSR count). The van der Waals surface area contributed by atoms with Gasteiger partial charge in [-0.05, 0) is 17.7 Å². The van der Waals surface area contributed by atoms with Crippen LogP contribution in [0.15, 0.2) is 59.1 Å². The molecule has 1 heterocycles. The molecule has 0 N–H and O–H groups in total. The first-order valence-corrected chi connectivity index (χ1v) is 6.46. The highest BCUT2D eigenvalue weighted by atomic mass is 35.5. The second-order valence-electron chi connectivity index (χ2n) is 4.24. The Bertz CT molecular complexity index is 715.